The summed E-state index contributed by atoms with van der Waals surface area (Å²) in [5.74, 6) is -1.70. The predicted molar refractivity (Wildman–Crippen MR) is 102 cm³/mol. The molecule has 0 bridgehead atoms. The average molecular weight is 365 g/mol. The maximum Gasteiger partial charge on any atom is 0.357 e. The number of rotatable bonds is 5. The Morgan fingerprint density at radius 1 is 1.11 bits per heavy atom. The van der Waals surface area contributed by atoms with Gasteiger partial charge < -0.3 is 10.4 Å². The number of para-hydroxylation sites is 1. The molecule has 2 aromatic carbocycles. The van der Waals surface area contributed by atoms with Crippen molar-refractivity contribution in [3.63, 3.8) is 0 Å². The zero-order valence-corrected chi connectivity index (χ0v) is 15.0. The van der Waals surface area contributed by atoms with Gasteiger partial charge in [0.05, 0.1) is 5.39 Å². The summed E-state index contributed by atoms with van der Waals surface area (Å²) in [5, 5.41) is 16.6. The molecule has 7 nitrogen and oxygen atoms in total. The van der Waals surface area contributed by atoms with E-state index in [0.717, 1.165) is 22.2 Å². The van der Waals surface area contributed by atoms with E-state index in [4.69, 9.17) is 0 Å². The van der Waals surface area contributed by atoms with E-state index in [9.17, 15) is 19.5 Å². The minimum Gasteiger partial charge on any atom is -0.476 e. The quantitative estimate of drug-likeness (QED) is 0.724. The molecule has 3 aromatic rings. The van der Waals surface area contributed by atoms with E-state index < -0.39 is 17.4 Å². The summed E-state index contributed by atoms with van der Waals surface area (Å²) in [6.45, 7) is 3.50. The summed E-state index contributed by atoms with van der Waals surface area (Å²) in [5.41, 5.74) is 1.83. The number of nitrogens with zero attached hydrogens (tertiary/aromatic N) is 2. The molecule has 2 N–H and O–H groups in total. The van der Waals surface area contributed by atoms with Crippen LogP contribution in [0.15, 0.2) is 47.3 Å². The molecule has 0 aliphatic rings. The summed E-state index contributed by atoms with van der Waals surface area (Å²) < 4.78 is 0.894. The number of aryl methyl sites for hydroxylation is 2. The minimum atomic E-state index is -1.26. The Bertz CT molecular complexity index is 1100. The Kier molecular flexibility index (Phi) is 5.03. The molecule has 7 heteroatoms. The van der Waals surface area contributed by atoms with Crippen molar-refractivity contribution < 1.29 is 14.7 Å². The molecule has 0 saturated heterocycles. The van der Waals surface area contributed by atoms with Crippen LogP contribution in [0.2, 0.25) is 0 Å². The van der Waals surface area contributed by atoms with Crippen molar-refractivity contribution in [1.29, 1.82) is 0 Å². The molecule has 0 radical (unpaired) electrons. The van der Waals surface area contributed by atoms with Crippen LogP contribution >= 0.6 is 0 Å². The molecule has 0 aliphatic carbocycles. The summed E-state index contributed by atoms with van der Waals surface area (Å²) in [6.07, 6.45) is 0.745. The van der Waals surface area contributed by atoms with E-state index in [1.807, 2.05) is 32.0 Å². The van der Waals surface area contributed by atoms with Crippen LogP contribution in [0.1, 0.15) is 28.5 Å². The molecule has 0 atom stereocenters. The second-order valence-electron chi connectivity index (χ2n) is 6.17. The van der Waals surface area contributed by atoms with Gasteiger partial charge in [-0.1, -0.05) is 43.3 Å². The largest absolute Gasteiger partial charge is 0.476 e. The van der Waals surface area contributed by atoms with Crippen molar-refractivity contribution >= 4 is 28.3 Å². The predicted octanol–water partition coefficient (Wildman–Crippen LogP) is 2.60. The molecule has 1 amide bonds. The lowest BCUT2D eigenvalue weighted by molar-refractivity contribution is -0.117. The van der Waals surface area contributed by atoms with Crippen molar-refractivity contribution in [2.75, 3.05) is 5.32 Å². The maximum absolute atomic E-state index is 12.6. The first-order valence-corrected chi connectivity index (χ1v) is 8.54. The Morgan fingerprint density at radius 3 is 2.48 bits per heavy atom. The van der Waals surface area contributed by atoms with Crippen LogP contribution in [0.5, 0.6) is 0 Å². The number of hydrogen-bond acceptors (Lipinski definition) is 4. The van der Waals surface area contributed by atoms with E-state index >= 15 is 0 Å². The monoisotopic (exact) mass is 365 g/mol. The highest BCUT2D eigenvalue weighted by Gasteiger charge is 2.17. The standard InChI is InChI=1S/C20H19N3O4/c1-3-13-8-6-7-12(2)17(13)21-16(24)11-23-19(25)15-10-5-4-9-14(15)18(22-23)20(26)27/h4-10H,3,11H2,1-2H3,(H,21,24)(H,26,27). The molecule has 0 aliphatic heterocycles. The third kappa shape index (κ3) is 3.57. The number of anilines is 1. The second kappa shape index (κ2) is 7.41. The van der Waals surface area contributed by atoms with Crippen LogP contribution in [0, 0.1) is 6.92 Å². The number of hydrogen-bond donors (Lipinski definition) is 2. The highest BCUT2D eigenvalue weighted by molar-refractivity contribution is 6.01. The van der Waals surface area contributed by atoms with Gasteiger partial charge in [-0.2, -0.15) is 5.10 Å². The number of amides is 1. The summed E-state index contributed by atoms with van der Waals surface area (Å²) >= 11 is 0. The third-order valence-electron chi connectivity index (χ3n) is 4.37. The van der Waals surface area contributed by atoms with Crippen molar-refractivity contribution in [1.82, 2.24) is 9.78 Å². The van der Waals surface area contributed by atoms with Crippen molar-refractivity contribution in [3.8, 4) is 0 Å². The van der Waals surface area contributed by atoms with Crippen molar-refractivity contribution in [3.05, 3.63) is 69.6 Å². The van der Waals surface area contributed by atoms with E-state index in [1.54, 1.807) is 12.1 Å². The van der Waals surface area contributed by atoms with Gasteiger partial charge >= 0.3 is 5.97 Å². The molecule has 138 valence electrons. The SMILES string of the molecule is CCc1cccc(C)c1NC(=O)Cn1nc(C(=O)O)c2ccccc2c1=O. The first-order valence-electron chi connectivity index (χ1n) is 8.54. The van der Waals surface area contributed by atoms with Crippen LogP contribution in [-0.2, 0) is 17.8 Å². The lowest BCUT2D eigenvalue weighted by Crippen LogP contribution is -2.31. The number of aromatic carboxylic acids is 1. The van der Waals surface area contributed by atoms with Crippen LogP contribution < -0.4 is 10.9 Å². The molecule has 0 fully saturated rings. The molecule has 1 heterocycles. The van der Waals surface area contributed by atoms with E-state index in [-0.39, 0.29) is 23.0 Å². The molecule has 1 aromatic heterocycles. The fourth-order valence-electron chi connectivity index (χ4n) is 3.02. The second-order valence-corrected chi connectivity index (χ2v) is 6.17. The average Bonchev–Trinajstić information content (AvgIpc) is 2.65. The zero-order valence-electron chi connectivity index (χ0n) is 15.0. The van der Waals surface area contributed by atoms with Crippen LogP contribution in [0.25, 0.3) is 10.8 Å². The Labute approximate surface area is 155 Å². The lowest BCUT2D eigenvalue weighted by Gasteiger charge is -2.14. The number of fused-ring (bicyclic) bond motifs is 1. The Hall–Kier alpha value is -3.48. The van der Waals surface area contributed by atoms with Crippen molar-refractivity contribution in [2.24, 2.45) is 0 Å². The van der Waals surface area contributed by atoms with E-state index in [0.29, 0.717) is 5.69 Å². The summed E-state index contributed by atoms with van der Waals surface area (Å²) in [7, 11) is 0. The molecular formula is C20H19N3O4. The fraction of sp³-hybridized carbons (Fsp3) is 0.200. The molecule has 3 rings (SSSR count). The maximum atomic E-state index is 12.6. The van der Waals surface area contributed by atoms with Gasteiger partial charge in [-0.15, -0.1) is 0 Å². The van der Waals surface area contributed by atoms with Crippen molar-refractivity contribution in [2.45, 2.75) is 26.8 Å². The molecule has 27 heavy (non-hydrogen) atoms. The number of carbonyl (C=O) groups is 2. The number of carboxylic acid groups (broad SMARTS) is 1. The van der Waals surface area contributed by atoms with Gasteiger partial charge in [0, 0.05) is 11.1 Å². The lowest BCUT2D eigenvalue weighted by atomic mass is 10.1. The summed E-state index contributed by atoms with van der Waals surface area (Å²) in [4.78, 5) is 36.6. The van der Waals surface area contributed by atoms with Gasteiger partial charge in [-0.05, 0) is 30.5 Å². The summed E-state index contributed by atoms with van der Waals surface area (Å²) in [6, 6.07) is 12.1. The molecule has 0 saturated carbocycles. The number of carbonyl (C=O) groups excluding carboxylic acids is 1. The first kappa shape index (κ1) is 18.3. The Balaban J connectivity index is 1.98. The highest BCUT2D eigenvalue weighted by atomic mass is 16.4. The van der Waals surface area contributed by atoms with Crippen LogP contribution in [-0.4, -0.2) is 26.8 Å². The van der Waals surface area contributed by atoms with Gasteiger partial charge in [0.2, 0.25) is 5.91 Å². The van der Waals surface area contributed by atoms with Gasteiger partial charge in [0.15, 0.2) is 5.69 Å². The smallest absolute Gasteiger partial charge is 0.357 e. The number of benzene rings is 2. The van der Waals surface area contributed by atoms with Gasteiger partial charge in [-0.25, -0.2) is 9.48 Å². The minimum absolute atomic E-state index is 0.211. The normalized spacial score (nSPS) is 10.7. The third-order valence-corrected chi connectivity index (χ3v) is 4.37. The Morgan fingerprint density at radius 2 is 1.81 bits per heavy atom. The molecule has 0 unspecified atom stereocenters. The fourth-order valence-corrected chi connectivity index (χ4v) is 3.02. The number of nitrogens with one attached hydrogen (secondary N) is 1. The van der Waals surface area contributed by atoms with E-state index in [1.165, 1.54) is 12.1 Å². The van der Waals surface area contributed by atoms with Crippen LogP contribution in [0.4, 0.5) is 5.69 Å². The van der Waals surface area contributed by atoms with Gasteiger partial charge in [0.1, 0.15) is 6.54 Å². The van der Waals surface area contributed by atoms with Gasteiger partial charge in [-0.3, -0.25) is 9.59 Å². The zero-order chi connectivity index (χ0) is 19.6. The van der Waals surface area contributed by atoms with Gasteiger partial charge in [0.25, 0.3) is 5.56 Å². The highest BCUT2D eigenvalue weighted by Crippen LogP contribution is 2.21. The molecular weight excluding hydrogens is 346 g/mol. The topological polar surface area (TPSA) is 101 Å². The van der Waals surface area contributed by atoms with E-state index in [2.05, 4.69) is 10.4 Å². The number of carboxylic acids is 1. The number of aromatic nitrogens is 2. The first-order chi connectivity index (χ1) is 12.9. The van der Waals surface area contributed by atoms with Crippen LogP contribution in [0.3, 0.4) is 0 Å². The molecule has 0 spiro atoms.